The molecule has 96 valence electrons. The number of hydrogen-bond donors (Lipinski definition) is 1. The van der Waals surface area contributed by atoms with Gasteiger partial charge in [0.15, 0.2) is 0 Å². The Bertz CT molecular complexity index is 361. The summed E-state index contributed by atoms with van der Waals surface area (Å²) in [5, 5.41) is 3.62. The minimum Gasteiger partial charge on any atom is -0.497 e. The highest BCUT2D eigenvalue weighted by Crippen LogP contribution is 2.23. The van der Waals surface area contributed by atoms with Crippen molar-refractivity contribution < 1.29 is 4.74 Å². The topological polar surface area (TPSA) is 21.3 Å². The van der Waals surface area contributed by atoms with Gasteiger partial charge in [-0.3, -0.25) is 0 Å². The van der Waals surface area contributed by atoms with Crippen molar-refractivity contribution in [3.63, 3.8) is 0 Å². The van der Waals surface area contributed by atoms with E-state index in [-0.39, 0.29) is 5.54 Å². The second-order valence-corrected chi connectivity index (χ2v) is 5.43. The largest absolute Gasteiger partial charge is 0.497 e. The average Bonchev–Trinajstić information content (AvgIpc) is 2.37. The first kappa shape index (κ1) is 14.5. The van der Waals surface area contributed by atoms with E-state index < -0.39 is 0 Å². The maximum absolute atomic E-state index is 5.25. The normalized spacial score (nSPS) is 11.6. The van der Waals surface area contributed by atoms with Gasteiger partial charge in [-0.25, -0.2) is 0 Å². The van der Waals surface area contributed by atoms with E-state index in [0.29, 0.717) is 0 Å². The van der Waals surface area contributed by atoms with Crippen LogP contribution in [0, 0.1) is 0 Å². The third-order valence-corrected chi connectivity index (χ3v) is 4.29. The molecule has 0 aromatic heterocycles. The zero-order valence-corrected chi connectivity index (χ0v) is 12.7. The Balaban J connectivity index is 2.74. The minimum atomic E-state index is 0.211. The maximum Gasteiger partial charge on any atom is 0.119 e. The molecule has 0 aliphatic carbocycles. The molecule has 1 N–H and O–H groups in total. The molecule has 0 saturated heterocycles. The third-order valence-electron chi connectivity index (χ3n) is 3.52. The Morgan fingerprint density at radius 1 is 1.29 bits per heavy atom. The molecule has 2 nitrogen and oxygen atoms in total. The highest BCUT2D eigenvalue weighted by Gasteiger charge is 2.18. The molecule has 0 aliphatic heterocycles. The first-order valence-electron chi connectivity index (χ1n) is 6.12. The van der Waals surface area contributed by atoms with Crippen LogP contribution >= 0.6 is 15.9 Å². The lowest BCUT2D eigenvalue weighted by Gasteiger charge is -2.28. The summed E-state index contributed by atoms with van der Waals surface area (Å²) in [6.07, 6.45) is 2.26. The second-order valence-electron chi connectivity index (χ2n) is 4.58. The van der Waals surface area contributed by atoms with Crippen molar-refractivity contribution in [1.29, 1.82) is 0 Å². The van der Waals surface area contributed by atoms with E-state index in [2.05, 4.69) is 48.1 Å². The van der Waals surface area contributed by atoms with Gasteiger partial charge in [0, 0.05) is 16.6 Å². The molecule has 0 unspecified atom stereocenters. The van der Waals surface area contributed by atoms with Crippen molar-refractivity contribution in [2.24, 2.45) is 0 Å². The van der Waals surface area contributed by atoms with Crippen LogP contribution < -0.4 is 10.1 Å². The third kappa shape index (κ3) is 4.00. The number of methoxy groups -OCH3 is 1. The Hall–Kier alpha value is -0.540. The molecule has 0 spiro atoms. The predicted molar refractivity (Wildman–Crippen MR) is 76.5 cm³/mol. The quantitative estimate of drug-likeness (QED) is 0.853. The smallest absolute Gasteiger partial charge is 0.119 e. The summed E-state index contributed by atoms with van der Waals surface area (Å²) >= 11 is 3.58. The van der Waals surface area contributed by atoms with E-state index in [0.717, 1.165) is 29.6 Å². The molecule has 0 saturated carbocycles. The fraction of sp³-hybridized carbons (Fsp3) is 0.571. The summed E-state index contributed by atoms with van der Waals surface area (Å²) in [5.74, 6) is 0.903. The van der Waals surface area contributed by atoms with Crippen molar-refractivity contribution in [3.05, 3.63) is 28.2 Å². The molecule has 1 rings (SSSR count). The van der Waals surface area contributed by atoms with E-state index in [9.17, 15) is 0 Å². The van der Waals surface area contributed by atoms with E-state index in [4.69, 9.17) is 4.74 Å². The molecular weight excluding hydrogens is 278 g/mol. The minimum absolute atomic E-state index is 0.211. The average molecular weight is 300 g/mol. The summed E-state index contributed by atoms with van der Waals surface area (Å²) in [7, 11) is 1.70. The van der Waals surface area contributed by atoms with Gasteiger partial charge in [-0.1, -0.05) is 29.8 Å². The van der Waals surface area contributed by atoms with Crippen LogP contribution in [0.4, 0.5) is 0 Å². The number of halogens is 1. The number of hydrogen-bond acceptors (Lipinski definition) is 2. The molecule has 0 bridgehead atoms. The monoisotopic (exact) mass is 299 g/mol. The Kier molecular flexibility index (Phi) is 5.47. The SMILES string of the molecule is CCC(C)(CC)NCc1cc(OC)ccc1Br. The van der Waals surface area contributed by atoms with E-state index in [1.165, 1.54) is 5.56 Å². The van der Waals surface area contributed by atoms with Gasteiger partial charge in [-0.2, -0.15) is 0 Å². The number of rotatable bonds is 6. The van der Waals surface area contributed by atoms with Crippen LogP contribution in [0.3, 0.4) is 0 Å². The van der Waals surface area contributed by atoms with Crippen molar-refractivity contribution in [1.82, 2.24) is 5.32 Å². The maximum atomic E-state index is 5.25. The van der Waals surface area contributed by atoms with Crippen LogP contribution in [0.5, 0.6) is 5.75 Å². The van der Waals surface area contributed by atoms with E-state index in [1.807, 2.05) is 12.1 Å². The fourth-order valence-corrected chi connectivity index (χ4v) is 2.01. The molecular formula is C14H22BrNO. The van der Waals surface area contributed by atoms with Crippen molar-refractivity contribution >= 4 is 15.9 Å². The molecule has 0 fully saturated rings. The summed E-state index contributed by atoms with van der Waals surface area (Å²) < 4.78 is 6.37. The molecule has 0 amide bonds. The van der Waals surface area contributed by atoms with Crippen LogP contribution in [-0.2, 0) is 6.54 Å². The van der Waals surface area contributed by atoms with Gasteiger partial charge in [0.2, 0.25) is 0 Å². The Morgan fingerprint density at radius 3 is 2.47 bits per heavy atom. The molecule has 0 heterocycles. The van der Waals surface area contributed by atoms with Crippen LogP contribution in [0.1, 0.15) is 39.2 Å². The molecule has 1 aromatic rings. The predicted octanol–water partition coefficient (Wildman–Crippen LogP) is 4.13. The van der Waals surface area contributed by atoms with Crippen molar-refractivity contribution in [3.8, 4) is 5.75 Å². The first-order chi connectivity index (χ1) is 8.04. The first-order valence-corrected chi connectivity index (χ1v) is 6.91. The van der Waals surface area contributed by atoms with Gasteiger partial charge in [0.1, 0.15) is 5.75 Å². The molecule has 1 aromatic carbocycles. The number of benzene rings is 1. The van der Waals surface area contributed by atoms with Crippen LogP contribution in [0.15, 0.2) is 22.7 Å². The highest BCUT2D eigenvalue weighted by atomic mass is 79.9. The van der Waals surface area contributed by atoms with Gasteiger partial charge in [0.25, 0.3) is 0 Å². The summed E-state index contributed by atoms with van der Waals surface area (Å²) in [6.45, 7) is 7.56. The molecule has 17 heavy (non-hydrogen) atoms. The lowest BCUT2D eigenvalue weighted by Crippen LogP contribution is -2.40. The second kappa shape index (κ2) is 6.41. The number of ether oxygens (including phenoxy) is 1. The number of nitrogens with one attached hydrogen (secondary N) is 1. The van der Waals surface area contributed by atoms with E-state index in [1.54, 1.807) is 7.11 Å². The summed E-state index contributed by atoms with van der Waals surface area (Å²) in [4.78, 5) is 0. The summed E-state index contributed by atoms with van der Waals surface area (Å²) in [5.41, 5.74) is 1.44. The molecule has 0 aliphatic rings. The lowest BCUT2D eigenvalue weighted by atomic mass is 9.95. The van der Waals surface area contributed by atoms with Gasteiger partial charge in [-0.15, -0.1) is 0 Å². The van der Waals surface area contributed by atoms with Gasteiger partial charge < -0.3 is 10.1 Å². The van der Waals surface area contributed by atoms with Crippen molar-refractivity contribution in [2.45, 2.75) is 45.7 Å². The van der Waals surface area contributed by atoms with Gasteiger partial charge >= 0.3 is 0 Å². The van der Waals surface area contributed by atoms with Crippen LogP contribution in [0.25, 0.3) is 0 Å². The zero-order valence-electron chi connectivity index (χ0n) is 11.1. The molecule has 0 radical (unpaired) electrons. The standard InChI is InChI=1S/C14H22BrNO/c1-5-14(3,6-2)16-10-11-9-12(17-4)7-8-13(11)15/h7-9,16H,5-6,10H2,1-4H3. The highest BCUT2D eigenvalue weighted by molar-refractivity contribution is 9.10. The molecule has 3 heteroatoms. The van der Waals surface area contributed by atoms with E-state index >= 15 is 0 Å². The summed E-state index contributed by atoms with van der Waals surface area (Å²) in [6, 6.07) is 6.07. The Morgan fingerprint density at radius 2 is 1.94 bits per heavy atom. The van der Waals surface area contributed by atoms with Gasteiger partial charge in [-0.05, 0) is 43.5 Å². The zero-order chi connectivity index (χ0) is 12.9. The fourth-order valence-electron chi connectivity index (χ4n) is 1.62. The Labute approximate surface area is 113 Å². The molecule has 0 atom stereocenters. The van der Waals surface area contributed by atoms with Gasteiger partial charge in [0.05, 0.1) is 7.11 Å². The van der Waals surface area contributed by atoms with Crippen LogP contribution in [0.2, 0.25) is 0 Å². The van der Waals surface area contributed by atoms with Crippen LogP contribution in [-0.4, -0.2) is 12.6 Å². The van der Waals surface area contributed by atoms with Crippen molar-refractivity contribution in [2.75, 3.05) is 7.11 Å². The lowest BCUT2D eigenvalue weighted by molar-refractivity contribution is 0.328.